The molecule has 0 bridgehead atoms. The Kier molecular flexibility index (Phi) is 4.15. The van der Waals surface area contributed by atoms with Crippen molar-refractivity contribution in [1.82, 2.24) is 4.90 Å². The Hall–Kier alpha value is -2.62. The van der Waals surface area contributed by atoms with Gasteiger partial charge < -0.3 is 10.0 Å². The van der Waals surface area contributed by atoms with Gasteiger partial charge in [0.15, 0.2) is 0 Å². The molecule has 0 saturated carbocycles. The van der Waals surface area contributed by atoms with Crippen molar-refractivity contribution in [2.75, 3.05) is 13.1 Å². The quantitative estimate of drug-likeness (QED) is 0.948. The number of rotatable bonds is 3. The maximum Gasteiger partial charge on any atom is 0.308 e. The topological polar surface area (TPSA) is 57.6 Å². The summed E-state index contributed by atoms with van der Waals surface area (Å²) in [6, 6.07) is 17.0. The Morgan fingerprint density at radius 3 is 2.43 bits per heavy atom. The van der Waals surface area contributed by atoms with Gasteiger partial charge in [-0.25, -0.2) is 0 Å². The highest BCUT2D eigenvalue weighted by molar-refractivity contribution is 5.95. The van der Waals surface area contributed by atoms with Gasteiger partial charge in [-0.15, -0.1) is 0 Å². The van der Waals surface area contributed by atoms with Crippen LogP contribution < -0.4 is 0 Å². The molecule has 2 atom stereocenters. The Morgan fingerprint density at radius 1 is 1.04 bits per heavy atom. The highest BCUT2D eigenvalue weighted by Gasteiger charge is 2.40. The van der Waals surface area contributed by atoms with Crippen LogP contribution >= 0.6 is 0 Å². The third kappa shape index (κ3) is 3.11. The molecule has 2 aromatic rings. The molecule has 3 rings (SSSR count). The normalized spacial score (nSPS) is 20.5. The van der Waals surface area contributed by atoms with E-state index in [1.54, 1.807) is 11.0 Å². The zero-order chi connectivity index (χ0) is 16.4. The molecule has 4 nitrogen and oxygen atoms in total. The van der Waals surface area contributed by atoms with Gasteiger partial charge in [-0.1, -0.05) is 48.0 Å². The van der Waals surface area contributed by atoms with E-state index in [4.69, 9.17) is 0 Å². The standard InChI is InChI=1S/C19H19NO3/c1-13-6-5-9-15(10-13)18(21)20-11-16(17(12-20)19(22)23)14-7-3-2-4-8-14/h2-10,16-17H,11-12H2,1H3,(H,22,23). The molecule has 1 aliphatic rings. The van der Waals surface area contributed by atoms with Crippen molar-refractivity contribution in [2.24, 2.45) is 5.92 Å². The van der Waals surface area contributed by atoms with E-state index in [0.717, 1.165) is 11.1 Å². The average molecular weight is 309 g/mol. The van der Waals surface area contributed by atoms with Gasteiger partial charge in [0.2, 0.25) is 0 Å². The number of aliphatic carboxylic acids is 1. The summed E-state index contributed by atoms with van der Waals surface area (Å²) >= 11 is 0. The van der Waals surface area contributed by atoms with E-state index in [1.807, 2.05) is 55.5 Å². The molecule has 1 fully saturated rings. The van der Waals surface area contributed by atoms with Gasteiger partial charge in [0, 0.05) is 24.6 Å². The van der Waals surface area contributed by atoms with Crippen molar-refractivity contribution < 1.29 is 14.7 Å². The van der Waals surface area contributed by atoms with Crippen LogP contribution in [0.1, 0.15) is 27.4 Å². The van der Waals surface area contributed by atoms with E-state index in [-0.39, 0.29) is 18.4 Å². The maximum absolute atomic E-state index is 12.7. The first kappa shape index (κ1) is 15.3. The number of benzene rings is 2. The fraction of sp³-hybridized carbons (Fsp3) is 0.263. The molecule has 23 heavy (non-hydrogen) atoms. The lowest BCUT2D eigenvalue weighted by atomic mass is 9.89. The van der Waals surface area contributed by atoms with Crippen molar-refractivity contribution >= 4 is 11.9 Å². The Morgan fingerprint density at radius 2 is 1.78 bits per heavy atom. The molecule has 1 heterocycles. The van der Waals surface area contributed by atoms with Crippen LogP contribution in [0.4, 0.5) is 0 Å². The van der Waals surface area contributed by atoms with Crippen molar-refractivity contribution in [2.45, 2.75) is 12.8 Å². The second-order valence-corrected chi connectivity index (χ2v) is 6.04. The Balaban J connectivity index is 1.86. The molecule has 0 radical (unpaired) electrons. The van der Waals surface area contributed by atoms with Gasteiger partial charge in [0.05, 0.1) is 5.92 Å². The Labute approximate surface area is 135 Å². The summed E-state index contributed by atoms with van der Waals surface area (Å²) < 4.78 is 0. The minimum Gasteiger partial charge on any atom is -0.481 e. The largest absolute Gasteiger partial charge is 0.481 e. The van der Waals surface area contributed by atoms with Crippen LogP contribution in [0.3, 0.4) is 0 Å². The molecule has 0 spiro atoms. The third-order valence-electron chi connectivity index (χ3n) is 4.42. The third-order valence-corrected chi connectivity index (χ3v) is 4.42. The summed E-state index contributed by atoms with van der Waals surface area (Å²) in [5.74, 6) is -1.68. The summed E-state index contributed by atoms with van der Waals surface area (Å²) in [6.07, 6.45) is 0. The number of nitrogens with zero attached hydrogens (tertiary/aromatic N) is 1. The summed E-state index contributed by atoms with van der Waals surface area (Å²) in [5, 5.41) is 9.52. The van der Waals surface area contributed by atoms with Crippen LogP contribution in [0, 0.1) is 12.8 Å². The second kappa shape index (κ2) is 6.24. The molecular formula is C19H19NO3. The van der Waals surface area contributed by atoms with E-state index in [0.29, 0.717) is 12.1 Å². The molecule has 0 aromatic heterocycles. The van der Waals surface area contributed by atoms with Gasteiger partial charge >= 0.3 is 5.97 Å². The van der Waals surface area contributed by atoms with Crippen molar-refractivity contribution in [3.8, 4) is 0 Å². The number of likely N-dealkylation sites (tertiary alicyclic amines) is 1. The van der Waals surface area contributed by atoms with Crippen LogP contribution in [0.2, 0.25) is 0 Å². The molecular weight excluding hydrogens is 290 g/mol. The molecule has 1 N–H and O–H groups in total. The fourth-order valence-corrected chi connectivity index (χ4v) is 3.22. The van der Waals surface area contributed by atoms with E-state index in [1.165, 1.54) is 0 Å². The first-order valence-electron chi connectivity index (χ1n) is 7.70. The highest BCUT2D eigenvalue weighted by atomic mass is 16.4. The molecule has 1 amide bonds. The van der Waals surface area contributed by atoms with Gasteiger partial charge in [0.25, 0.3) is 5.91 Å². The SMILES string of the molecule is Cc1cccc(C(=O)N2CC(C(=O)O)C(c3ccccc3)C2)c1. The molecule has 1 aliphatic heterocycles. The monoisotopic (exact) mass is 309 g/mol. The first-order chi connectivity index (χ1) is 11.1. The van der Waals surface area contributed by atoms with Crippen LogP contribution in [0.5, 0.6) is 0 Å². The van der Waals surface area contributed by atoms with Crippen molar-refractivity contribution in [3.63, 3.8) is 0 Å². The van der Waals surface area contributed by atoms with Crippen LogP contribution in [0.25, 0.3) is 0 Å². The molecule has 1 saturated heterocycles. The number of hydrogen-bond acceptors (Lipinski definition) is 2. The summed E-state index contributed by atoms with van der Waals surface area (Å²) in [4.78, 5) is 25.9. The molecule has 2 unspecified atom stereocenters. The number of carbonyl (C=O) groups excluding carboxylic acids is 1. The number of hydrogen-bond donors (Lipinski definition) is 1. The molecule has 0 aliphatic carbocycles. The zero-order valence-corrected chi connectivity index (χ0v) is 13.0. The molecule has 4 heteroatoms. The molecule has 118 valence electrons. The molecule has 2 aromatic carbocycles. The van der Waals surface area contributed by atoms with Gasteiger partial charge in [-0.2, -0.15) is 0 Å². The number of aryl methyl sites for hydroxylation is 1. The smallest absolute Gasteiger partial charge is 0.308 e. The van der Waals surface area contributed by atoms with Crippen LogP contribution in [0.15, 0.2) is 54.6 Å². The number of amides is 1. The number of carbonyl (C=O) groups is 2. The average Bonchev–Trinajstić information content (AvgIpc) is 3.00. The fourth-order valence-electron chi connectivity index (χ4n) is 3.22. The lowest BCUT2D eigenvalue weighted by molar-refractivity contribution is -0.141. The van der Waals surface area contributed by atoms with Crippen molar-refractivity contribution in [1.29, 1.82) is 0 Å². The van der Waals surface area contributed by atoms with Gasteiger partial charge in [-0.05, 0) is 24.6 Å². The summed E-state index contributed by atoms with van der Waals surface area (Å²) in [6.45, 7) is 2.63. The highest BCUT2D eigenvalue weighted by Crippen LogP contribution is 2.33. The number of carboxylic acids is 1. The van der Waals surface area contributed by atoms with E-state index in [2.05, 4.69) is 0 Å². The lowest BCUT2D eigenvalue weighted by Crippen LogP contribution is -2.29. The van der Waals surface area contributed by atoms with Crippen molar-refractivity contribution in [3.05, 3.63) is 71.3 Å². The predicted molar refractivity (Wildman–Crippen MR) is 87.4 cm³/mol. The van der Waals surface area contributed by atoms with Gasteiger partial charge in [0.1, 0.15) is 0 Å². The minimum atomic E-state index is -0.849. The zero-order valence-electron chi connectivity index (χ0n) is 13.0. The summed E-state index contributed by atoms with van der Waals surface area (Å²) in [5.41, 5.74) is 2.60. The van der Waals surface area contributed by atoms with E-state index >= 15 is 0 Å². The lowest BCUT2D eigenvalue weighted by Gasteiger charge is -2.17. The van der Waals surface area contributed by atoms with Crippen LogP contribution in [-0.2, 0) is 4.79 Å². The minimum absolute atomic E-state index is 0.0987. The predicted octanol–water partition coefficient (Wildman–Crippen LogP) is 2.94. The van der Waals surface area contributed by atoms with Crippen LogP contribution in [-0.4, -0.2) is 35.0 Å². The Bertz CT molecular complexity index is 726. The van der Waals surface area contributed by atoms with Gasteiger partial charge in [-0.3, -0.25) is 9.59 Å². The maximum atomic E-state index is 12.7. The summed E-state index contributed by atoms with van der Waals surface area (Å²) in [7, 11) is 0. The van der Waals surface area contributed by atoms with E-state index in [9.17, 15) is 14.7 Å². The van der Waals surface area contributed by atoms with E-state index < -0.39 is 11.9 Å². The first-order valence-corrected chi connectivity index (χ1v) is 7.70. The second-order valence-electron chi connectivity index (χ2n) is 6.04. The number of carboxylic acid groups (broad SMARTS) is 1.